The predicted octanol–water partition coefficient (Wildman–Crippen LogP) is 2.15. The molecule has 20 heavy (non-hydrogen) atoms. The Morgan fingerprint density at radius 2 is 2.00 bits per heavy atom. The van der Waals surface area contributed by atoms with Crippen LogP contribution in [-0.2, 0) is 4.79 Å². The van der Waals surface area contributed by atoms with Crippen LogP contribution in [0.1, 0.15) is 42.4 Å². The van der Waals surface area contributed by atoms with Crippen LogP contribution >= 0.6 is 11.3 Å². The third-order valence-electron chi connectivity index (χ3n) is 2.66. The molecule has 0 atom stereocenters. The summed E-state index contributed by atoms with van der Waals surface area (Å²) in [6.45, 7) is 7.85. The lowest BCUT2D eigenvalue weighted by Gasteiger charge is -2.16. The van der Waals surface area contributed by atoms with Gasteiger partial charge in [0.25, 0.3) is 5.91 Å². The minimum Gasteiger partial charge on any atom is -0.396 e. The predicted molar refractivity (Wildman–Crippen MR) is 81.2 cm³/mol. The van der Waals surface area contributed by atoms with Crippen LogP contribution in [0.5, 0.6) is 0 Å². The van der Waals surface area contributed by atoms with Crippen LogP contribution in [0.3, 0.4) is 0 Å². The molecule has 112 valence electrons. The topological polar surface area (TPSA) is 78.4 Å². The van der Waals surface area contributed by atoms with Crippen LogP contribution in [0.4, 0.5) is 5.00 Å². The number of aryl methyl sites for hydroxylation is 1. The van der Waals surface area contributed by atoms with Crippen molar-refractivity contribution in [2.75, 3.05) is 18.5 Å². The number of anilines is 1. The average molecular weight is 298 g/mol. The summed E-state index contributed by atoms with van der Waals surface area (Å²) in [7, 11) is 0. The van der Waals surface area contributed by atoms with E-state index in [0.717, 1.165) is 5.56 Å². The lowest BCUT2D eigenvalue weighted by Crippen LogP contribution is -2.27. The van der Waals surface area contributed by atoms with Gasteiger partial charge < -0.3 is 15.7 Å². The molecule has 5 nitrogen and oxygen atoms in total. The van der Waals surface area contributed by atoms with E-state index in [1.54, 1.807) is 6.07 Å². The van der Waals surface area contributed by atoms with Crippen LogP contribution < -0.4 is 10.6 Å². The first kappa shape index (κ1) is 16.7. The zero-order valence-corrected chi connectivity index (χ0v) is 13.2. The third kappa shape index (κ3) is 4.61. The summed E-state index contributed by atoms with van der Waals surface area (Å²) in [6, 6.07) is 1.80. The van der Waals surface area contributed by atoms with E-state index in [2.05, 4.69) is 10.6 Å². The molecule has 6 heteroatoms. The number of hydrogen-bond acceptors (Lipinski definition) is 4. The summed E-state index contributed by atoms with van der Waals surface area (Å²) in [4.78, 5) is 24.4. The normalized spacial score (nSPS) is 11.2. The van der Waals surface area contributed by atoms with Crippen molar-refractivity contribution in [1.29, 1.82) is 0 Å². The first-order valence-corrected chi connectivity index (χ1v) is 7.38. The molecule has 0 aromatic carbocycles. The van der Waals surface area contributed by atoms with Crippen molar-refractivity contribution in [3.8, 4) is 0 Å². The summed E-state index contributed by atoms with van der Waals surface area (Å²) in [5.74, 6) is -0.247. The standard InChI is InChI=1S/C14H22N2O3S/c1-9-8-10(16-13(19)14(2,3)4)20-11(9)12(18)15-6-5-7-17/h8,17H,5-7H2,1-4H3,(H,15,18)(H,16,19). The summed E-state index contributed by atoms with van der Waals surface area (Å²) < 4.78 is 0. The van der Waals surface area contributed by atoms with Crippen LogP contribution in [0.2, 0.25) is 0 Å². The van der Waals surface area contributed by atoms with Gasteiger partial charge in [-0.1, -0.05) is 20.8 Å². The molecular weight excluding hydrogens is 276 g/mol. The SMILES string of the molecule is Cc1cc(NC(=O)C(C)(C)C)sc1C(=O)NCCCO. The first-order valence-electron chi connectivity index (χ1n) is 6.56. The molecule has 3 N–H and O–H groups in total. The Balaban J connectivity index is 2.73. The zero-order valence-electron chi connectivity index (χ0n) is 12.4. The van der Waals surface area contributed by atoms with Gasteiger partial charge in [-0.2, -0.15) is 0 Å². The van der Waals surface area contributed by atoms with E-state index in [1.807, 2.05) is 27.7 Å². The Kier molecular flexibility index (Phi) is 5.71. The van der Waals surface area contributed by atoms with Gasteiger partial charge in [0.15, 0.2) is 0 Å². The Morgan fingerprint density at radius 3 is 2.55 bits per heavy atom. The minimum atomic E-state index is -0.471. The molecule has 0 saturated heterocycles. The Morgan fingerprint density at radius 1 is 1.35 bits per heavy atom. The van der Waals surface area contributed by atoms with Crippen molar-refractivity contribution in [2.45, 2.75) is 34.1 Å². The summed E-state index contributed by atoms with van der Waals surface area (Å²) in [5.41, 5.74) is 0.363. The van der Waals surface area contributed by atoms with E-state index < -0.39 is 5.41 Å². The number of rotatable bonds is 5. The molecule has 0 saturated carbocycles. The van der Waals surface area contributed by atoms with Crippen molar-refractivity contribution < 1.29 is 14.7 Å². The Hall–Kier alpha value is -1.40. The molecule has 0 spiro atoms. The molecule has 1 heterocycles. The lowest BCUT2D eigenvalue weighted by molar-refractivity contribution is -0.123. The van der Waals surface area contributed by atoms with Crippen LogP contribution in [0.25, 0.3) is 0 Å². The van der Waals surface area contributed by atoms with Crippen molar-refractivity contribution in [1.82, 2.24) is 5.32 Å². The number of aliphatic hydroxyl groups is 1. The fourth-order valence-corrected chi connectivity index (χ4v) is 2.41. The molecule has 1 rings (SSSR count). The fraction of sp³-hybridized carbons (Fsp3) is 0.571. The van der Waals surface area contributed by atoms with E-state index in [0.29, 0.717) is 22.8 Å². The third-order valence-corrected chi connectivity index (χ3v) is 3.81. The summed E-state index contributed by atoms with van der Waals surface area (Å²) >= 11 is 1.26. The summed E-state index contributed by atoms with van der Waals surface area (Å²) in [6.07, 6.45) is 0.532. The van der Waals surface area contributed by atoms with Gasteiger partial charge in [0.05, 0.1) is 9.88 Å². The highest BCUT2D eigenvalue weighted by molar-refractivity contribution is 7.18. The van der Waals surface area contributed by atoms with Gasteiger partial charge in [-0.3, -0.25) is 9.59 Å². The molecule has 1 aromatic rings. The smallest absolute Gasteiger partial charge is 0.261 e. The van der Waals surface area contributed by atoms with Gasteiger partial charge in [-0.15, -0.1) is 11.3 Å². The Bertz CT molecular complexity index is 489. The van der Waals surface area contributed by atoms with Gasteiger partial charge in [0.1, 0.15) is 0 Å². The molecule has 0 aliphatic heterocycles. The quantitative estimate of drug-likeness (QED) is 0.729. The number of hydrogen-bond donors (Lipinski definition) is 3. The van der Waals surface area contributed by atoms with E-state index in [9.17, 15) is 9.59 Å². The minimum absolute atomic E-state index is 0.0522. The van der Waals surface area contributed by atoms with Crippen LogP contribution in [-0.4, -0.2) is 30.1 Å². The monoisotopic (exact) mass is 298 g/mol. The number of thiophene rings is 1. The molecule has 0 fully saturated rings. The van der Waals surface area contributed by atoms with Crippen molar-refractivity contribution >= 4 is 28.2 Å². The lowest BCUT2D eigenvalue weighted by atomic mass is 9.96. The maximum atomic E-state index is 11.9. The number of carbonyl (C=O) groups excluding carboxylic acids is 2. The maximum absolute atomic E-state index is 11.9. The van der Waals surface area contributed by atoms with E-state index in [1.165, 1.54) is 11.3 Å². The molecular formula is C14H22N2O3S. The highest BCUT2D eigenvalue weighted by Gasteiger charge is 2.22. The fourth-order valence-electron chi connectivity index (χ4n) is 1.43. The van der Waals surface area contributed by atoms with Crippen molar-refractivity contribution in [2.24, 2.45) is 5.41 Å². The van der Waals surface area contributed by atoms with Crippen LogP contribution in [0, 0.1) is 12.3 Å². The second-order valence-electron chi connectivity index (χ2n) is 5.66. The Labute approximate surface area is 123 Å². The molecule has 0 aliphatic rings. The van der Waals surface area contributed by atoms with Crippen molar-refractivity contribution in [3.63, 3.8) is 0 Å². The van der Waals surface area contributed by atoms with Crippen molar-refractivity contribution in [3.05, 3.63) is 16.5 Å². The second-order valence-corrected chi connectivity index (χ2v) is 6.71. The molecule has 0 unspecified atom stereocenters. The molecule has 2 amide bonds. The van der Waals surface area contributed by atoms with E-state index in [4.69, 9.17) is 5.11 Å². The maximum Gasteiger partial charge on any atom is 0.261 e. The van der Waals surface area contributed by atoms with E-state index >= 15 is 0 Å². The largest absolute Gasteiger partial charge is 0.396 e. The molecule has 0 radical (unpaired) electrons. The highest BCUT2D eigenvalue weighted by atomic mass is 32.1. The summed E-state index contributed by atoms with van der Waals surface area (Å²) in [5, 5.41) is 14.9. The second kappa shape index (κ2) is 6.85. The first-order chi connectivity index (χ1) is 9.25. The van der Waals surface area contributed by atoms with Gasteiger partial charge >= 0.3 is 0 Å². The van der Waals surface area contributed by atoms with Gasteiger partial charge in [0.2, 0.25) is 5.91 Å². The number of aliphatic hydroxyl groups excluding tert-OH is 1. The molecule has 0 aliphatic carbocycles. The van der Waals surface area contributed by atoms with Gasteiger partial charge in [0, 0.05) is 18.6 Å². The highest BCUT2D eigenvalue weighted by Crippen LogP contribution is 2.28. The number of amides is 2. The van der Waals surface area contributed by atoms with Crippen LogP contribution in [0.15, 0.2) is 6.07 Å². The molecule has 1 aromatic heterocycles. The van der Waals surface area contributed by atoms with Gasteiger partial charge in [-0.25, -0.2) is 0 Å². The number of carbonyl (C=O) groups is 2. The number of nitrogens with one attached hydrogen (secondary N) is 2. The average Bonchev–Trinajstić information content (AvgIpc) is 2.69. The molecule has 0 bridgehead atoms. The zero-order chi connectivity index (χ0) is 15.3. The van der Waals surface area contributed by atoms with Gasteiger partial charge in [-0.05, 0) is 25.0 Å². The van der Waals surface area contributed by atoms with E-state index in [-0.39, 0.29) is 18.4 Å².